The number of para-hydroxylation sites is 1. The van der Waals surface area contributed by atoms with Gasteiger partial charge in [0.2, 0.25) is 5.95 Å². The maximum absolute atomic E-state index is 7.06. The first-order valence-corrected chi connectivity index (χ1v) is 18.6. The van der Waals surface area contributed by atoms with Crippen LogP contribution in [0.4, 0.5) is 0 Å². The van der Waals surface area contributed by atoms with Gasteiger partial charge >= 0.3 is 0 Å². The van der Waals surface area contributed by atoms with Gasteiger partial charge < -0.3 is 4.42 Å². The number of thiophene rings is 1. The summed E-state index contributed by atoms with van der Waals surface area (Å²) in [6.45, 7) is 0. The first-order valence-electron chi connectivity index (χ1n) is 17.8. The van der Waals surface area contributed by atoms with Gasteiger partial charge in [-0.15, -0.1) is 11.3 Å². The predicted octanol–water partition coefficient (Wildman–Crippen LogP) is 13.5. The highest BCUT2D eigenvalue weighted by molar-refractivity contribution is 7.26. The highest BCUT2D eigenvalue weighted by atomic mass is 32.1. The summed E-state index contributed by atoms with van der Waals surface area (Å²) in [4.78, 5) is 10.9. The van der Waals surface area contributed by atoms with E-state index < -0.39 is 0 Å². The zero-order chi connectivity index (χ0) is 34.6. The Hall–Kier alpha value is -6.82. The predicted molar refractivity (Wildman–Crippen MR) is 222 cm³/mol. The van der Waals surface area contributed by atoms with Gasteiger partial charge in [0, 0.05) is 37.2 Å². The summed E-state index contributed by atoms with van der Waals surface area (Å²) >= 11 is 1.76. The van der Waals surface area contributed by atoms with E-state index in [1.807, 2.05) is 0 Å². The van der Waals surface area contributed by atoms with Crippen molar-refractivity contribution in [1.82, 2.24) is 14.5 Å². The minimum absolute atomic E-state index is 0.623. The molecule has 53 heavy (non-hydrogen) atoms. The third-order valence-electron chi connectivity index (χ3n) is 10.8. The fourth-order valence-corrected chi connectivity index (χ4v) is 9.57. The van der Waals surface area contributed by atoms with Gasteiger partial charge in [0.1, 0.15) is 11.1 Å². The van der Waals surface area contributed by atoms with Crippen LogP contribution in [0.15, 0.2) is 168 Å². The second-order valence-electron chi connectivity index (χ2n) is 13.7. The Balaban J connectivity index is 1.22. The molecule has 0 aliphatic heterocycles. The minimum Gasteiger partial charge on any atom is -0.454 e. The lowest BCUT2D eigenvalue weighted by Gasteiger charge is -2.11. The third-order valence-corrected chi connectivity index (χ3v) is 12.0. The molecule has 12 aromatic rings. The van der Waals surface area contributed by atoms with Crippen molar-refractivity contribution >= 4 is 96.9 Å². The third kappa shape index (κ3) is 4.11. The fraction of sp³-hybridized carbons (Fsp3) is 0. The van der Waals surface area contributed by atoms with Gasteiger partial charge in [-0.05, 0) is 63.0 Å². The van der Waals surface area contributed by atoms with Crippen LogP contribution in [0.25, 0.3) is 114 Å². The lowest BCUT2D eigenvalue weighted by molar-refractivity contribution is 0.671. The largest absolute Gasteiger partial charge is 0.454 e. The van der Waals surface area contributed by atoms with Crippen molar-refractivity contribution in [3.8, 4) is 28.3 Å². The van der Waals surface area contributed by atoms with Crippen molar-refractivity contribution in [1.29, 1.82) is 0 Å². The summed E-state index contributed by atoms with van der Waals surface area (Å²) in [6.07, 6.45) is 0. The van der Waals surface area contributed by atoms with E-state index in [1.165, 1.54) is 26.2 Å². The van der Waals surface area contributed by atoms with E-state index in [1.54, 1.807) is 11.3 Å². The number of benzene rings is 8. The molecule has 0 bridgehead atoms. The average Bonchev–Trinajstić information content (AvgIpc) is 3.90. The van der Waals surface area contributed by atoms with Gasteiger partial charge in [0.25, 0.3) is 0 Å². The number of fused-ring (bicyclic) bond motifs is 13. The summed E-state index contributed by atoms with van der Waals surface area (Å²) in [5.41, 5.74) is 8.96. The average molecular weight is 694 g/mol. The highest BCUT2D eigenvalue weighted by Crippen LogP contribution is 2.45. The topological polar surface area (TPSA) is 43.9 Å². The van der Waals surface area contributed by atoms with E-state index in [2.05, 4.69) is 168 Å². The molecule has 0 spiro atoms. The first-order chi connectivity index (χ1) is 26.3. The number of hydrogen-bond acceptors (Lipinski definition) is 4. The molecule has 4 nitrogen and oxygen atoms in total. The molecule has 0 saturated carbocycles. The van der Waals surface area contributed by atoms with Crippen LogP contribution in [0.5, 0.6) is 0 Å². The first kappa shape index (κ1) is 28.8. The summed E-state index contributed by atoms with van der Waals surface area (Å²) in [5, 5.41) is 10.3. The number of hydrogen-bond donors (Lipinski definition) is 0. The summed E-state index contributed by atoms with van der Waals surface area (Å²) in [7, 11) is 0. The van der Waals surface area contributed by atoms with Crippen LogP contribution in [0.1, 0.15) is 0 Å². The number of rotatable bonds is 3. The molecule has 8 aromatic carbocycles. The van der Waals surface area contributed by atoms with Gasteiger partial charge in [-0.25, -0.2) is 9.97 Å². The zero-order valence-electron chi connectivity index (χ0n) is 28.2. The second-order valence-corrected chi connectivity index (χ2v) is 14.8. The van der Waals surface area contributed by atoms with Gasteiger partial charge in [-0.1, -0.05) is 133 Å². The Morgan fingerprint density at radius 1 is 0.509 bits per heavy atom. The zero-order valence-corrected chi connectivity index (χ0v) is 29.1. The lowest BCUT2D eigenvalue weighted by atomic mass is 9.95. The number of aromatic nitrogens is 3. The lowest BCUT2D eigenvalue weighted by Crippen LogP contribution is -2.03. The van der Waals surface area contributed by atoms with Crippen molar-refractivity contribution in [2.45, 2.75) is 0 Å². The van der Waals surface area contributed by atoms with Crippen LogP contribution in [0, 0.1) is 0 Å². The quantitative estimate of drug-likeness (QED) is 0.185. The molecule has 5 heteroatoms. The van der Waals surface area contributed by atoms with Crippen LogP contribution >= 0.6 is 11.3 Å². The van der Waals surface area contributed by atoms with Crippen molar-refractivity contribution in [2.75, 3.05) is 0 Å². The monoisotopic (exact) mass is 693 g/mol. The van der Waals surface area contributed by atoms with Gasteiger partial charge in [0.05, 0.1) is 21.4 Å². The smallest absolute Gasteiger partial charge is 0.236 e. The second kappa shape index (κ2) is 10.8. The van der Waals surface area contributed by atoms with E-state index >= 15 is 0 Å². The Labute approximate surface area is 306 Å². The molecular weight excluding hydrogens is 667 g/mol. The normalized spacial score (nSPS) is 12.2. The van der Waals surface area contributed by atoms with Crippen molar-refractivity contribution < 1.29 is 4.42 Å². The standard InChI is InChI=1S/C48H27N3OS/c1-2-13-29(14-3-1)38-27-40-42(34-18-7-6-16-32(34)38)37-25-24-35-33-17-8-10-20-39(33)51(45(35)46(37)52-40)48-49-43(31-23-22-28-12-4-5-15-30(28)26-31)47-44(50-48)36-19-9-11-21-41(36)53-47/h1-27H. The summed E-state index contributed by atoms with van der Waals surface area (Å²) in [6, 6.07) is 58.2. The molecule has 0 amide bonds. The van der Waals surface area contributed by atoms with E-state index in [0.29, 0.717) is 5.95 Å². The number of nitrogens with zero attached hydrogens (tertiary/aromatic N) is 3. The maximum Gasteiger partial charge on any atom is 0.236 e. The Kier molecular flexibility index (Phi) is 5.90. The maximum atomic E-state index is 7.06. The van der Waals surface area contributed by atoms with Crippen molar-refractivity contribution in [3.05, 3.63) is 164 Å². The molecule has 246 valence electrons. The molecule has 0 fully saturated rings. The Morgan fingerprint density at radius 3 is 2.11 bits per heavy atom. The van der Waals surface area contributed by atoms with Crippen LogP contribution in [0.3, 0.4) is 0 Å². The molecule has 0 atom stereocenters. The molecule has 0 N–H and O–H groups in total. The van der Waals surface area contributed by atoms with E-state index in [-0.39, 0.29) is 0 Å². The van der Waals surface area contributed by atoms with E-state index in [9.17, 15) is 0 Å². The molecule has 0 radical (unpaired) electrons. The Bertz CT molecular complexity index is 3460. The van der Waals surface area contributed by atoms with Gasteiger partial charge in [-0.2, -0.15) is 0 Å². The summed E-state index contributed by atoms with van der Waals surface area (Å²) < 4.78 is 11.6. The molecule has 0 aliphatic carbocycles. The molecule has 4 heterocycles. The molecule has 0 unspecified atom stereocenters. The van der Waals surface area contributed by atoms with Crippen LogP contribution in [-0.4, -0.2) is 14.5 Å². The van der Waals surface area contributed by atoms with Crippen molar-refractivity contribution in [2.24, 2.45) is 0 Å². The fourth-order valence-electron chi connectivity index (χ4n) is 8.42. The van der Waals surface area contributed by atoms with Crippen molar-refractivity contribution in [3.63, 3.8) is 0 Å². The molecule has 0 saturated heterocycles. The number of furan rings is 1. The van der Waals surface area contributed by atoms with E-state index in [4.69, 9.17) is 14.4 Å². The molecule has 4 aromatic heterocycles. The van der Waals surface area contributed by atoms with Crippen LogP contribution in [0.2, 0.25) is 0 Å². The Morgan fingerprint density at radius 2 is 1.23 bits per heavy atom. The molecular formula is C48H27N3OS. The van der Waals surface area contributed by atoms with Gasteiger partial charge in [0.15, 0.2) is 5.58 Å². The van der Waals surface area contributed by atoms with Crippen LogP contribution < -0.4 is 0 Å². The molecule has 12 rings (SSSR count). The SMILES string of the molecule is c1ccc(-c2cc3oc4c(ccc5c6ccccc6n(-c6nc(-c7ccc8ccccc8c7)c7sc8ccccc8c7n6)c54)c3c3ccccc23)cc1. The highest BCUT2D eigenvalue weighted by Gasteiger charge is 2.24. The summed E-state index contributed by atoms with van der Waals surface area (Å²) in [5.74, 6) is 0.623. The minimum atomic E-state index is 0.623. The van der Waals surface area contributed by atoms with Gasteiger partial charge in [-0.3, -0.25) is 4.57 Å². The molecule has 0 aliphatic rings. The van der Waals surface area contributed by atoms with Crippen LogP contribution in [-0.2, 0) is 0 Å². The van der Waals surface area contributed by atoms with E-state index in [0.717, 1.165) is 81.7 Å².